The minimum absolute atomic E-state index is 0.0320. The van der Waals surface area contributed by atoms with Gasteiger partial charge < -0.3 is 13.8 Å². The Bertz CT molecular complexity index is 4060. The van der Waals surface area contributed by atoms with Gasteiger partial charge in [-0.15, -0.1) is 0 Å². The molecule has 0 amide bonds. The smallest absolute Gasteiger partial charge is 0.333 e. The molecule has 2 aromatic heterocycles. The molecule has 8 aromatic carbocycles. The summed E-state index contributed by atoms with van der Waals surface area (Å²) in [7, 11) is 0. The largest absolute Gasteiger partial charge is 0.456 e. The van der Waals surface area contributed by atoms with E-state index in [-0.39, 0.29) is 17.7 Å². The van der Waals surface area contributed by atoms with E-state index in [1.165, 1.54) is 166 Å². The van der Waals surface area contributed by atoms with Crippen LogP contribution >= 0.6 is 0 Å². The molecular formula is C72H65BN2O. The highest BCUT2D eigenvalue weighted by Gasteiger charge is 2.54. The van der Waals surface area contributed by atoms with Crippen molar-refractivity contribution in [2.45, 2.75) is 114 Å². The first kappa shape index (κ1) is 43.3. The topological polar surface area (TPSA) is 21.3 Å². The lowest BCUT2D eigenvalue weighted by Crippen LogP contribution is -2.56. The number of aromatic nitrogens is 1. The Labute approximate surface area is 447 Å². The molecule has 3 nitrogen and oxygen atoms in total. The zero-order valence-corrected chi connectivity index (χ0v) is 44.3. The number of anilines is 3. The highest BCUT2D eigenvalue weighted by molar-refractivity contribution is 6.90. The van der Waals surface area contributed by atoms with Gasteiger partial charge in [0, 0.05) is 55.1 Å². The second-order valence-electron chi connectivity index (χ2n) is 27.3. The van der Waals surface area contributed by atoms with Gasteiger partial charge in [-0.3, -0.25) is 0 Å². The number of hydrogen-bond donors (Lipinski definition) is 0. The zero-order valence-electron chi connectivity index (χ0n) is 44.3. The Morgan fingerprint density at radius 2 is 1.07 bits per heavy atom. The molecule has 8 aliphatic carbocycles. The summed E-state index contributed by atoms with van der Waals surface area (Å²) >= 11 is 0. The lowest BCUT2D eigenvalue weighted by molar-refractivity contribution is -0.00527. The van der Waals surface area contributed by atoms with E-state index in [9.17, 15) is 0 Å². The SMILES string of the molecule is CC(C)(C)c1ccc(N2c3cc4c(cc3B3c5c(cc(-c6ccccc6)cc52)-c2cc(C56CC7CC(CC(C7)C5)C6)cc5c6cc(C78CC9CC(CC(C9)C7)C8)ccc6n3c25)oc2ccccc24)c(-c2ccccc2)c1. The number of fused-ring (bicyclic) bond motifs is 10. The number of furan rings is 1. The number of hydrogen-bond acceptors (Lipinski definition) is 2. The van der Waals surface area contributed by atoms with Crippen LogP contribution in [-0.4, -0.2) is 11.3 Å². The minimum Gasteiger partial charge on any atom is -0.456 e. The molecule has 372 valence electrons. The van der Waals surface area contributed by atoms with Crippen LogP contribution in [0.5, 0.6) is 0 Å². The van der Waals surface area contributed by atoms with Crippen LogP contribution in [0, 0.1) is 35.5 Å². The van der Waals surface area contributed by atoms with E-state index in [0.717, 1.165) is 57.4 Å². The summed E-state index contributed by atoms with van der Waals surface area (Å²) in [4.78, 5) is 2.69. The predicted octanol–water partition coefficient (Wildman–Crippen LogP) is 17.7. The molecule has 4 heteroatoms. The standard InChI is InChI=1S/C72H65BN2O/c1-70(2,3)51-18-20-62(55(30-51)49-14-8-5-9-15-49)74-64-34-57-54-16-10-11-17-66(54)76-67(57)35-61(64)73-68-58(28-50(29-65(68)74)48-12-6-4-7-13-48)60-33-53(72-39-45-25-46(40-72)27-47(26-45)41-72)32-59-56-31-52(19-21-63(56)75(73)69(59)60)71-36-42-22-43(37-71)24-44(23-42)38-71/h4-21,28-35,42-47H,22-27,36-41H2,1-3H3. The molecule has 0 unspecified atom stereocenters. The second-order valence-corrected chi connectivity index (χ2v) is 27.3. The van der Waals surface area contributed by atoms with Gasteiger partial charge in [0.1, 0.15) is 11.2 Å². The van der Waals surface area contributed by atoms with Crippen LogP contribution in [0.4, 0.5) is 17.1 Å². The monoisotopic (exact) mass is 985 g/mol. The summed E-state index contributed by atoms with van der Waals surface area (Å²) in [6.07, 6.45) is 17.0. The molecule has 76 heavy (non-hydrogen) atoms. The van der Waals surface area contributed by atoms with Gasteiger partial charge in [-0.2, -0.15) is 0 Å². The fraction of sp³-hybridized carbons (Fsp3) is 0.333. The average molecular weight is 985 g/mol. The van der Waals surface area contributed by atoms with Crippen molar-refractivity contribution >= 4 is 78.6 Å². The van der Waals surface area contributed by atoms with E-state index in [1.54, 1.807) is 11.1 Å². The Balaban J connectivity index is 0.979. The summed E-state index contributed by atoms with van der Waals surface area (Å²) in [5.41, 5.74) is 24.0. The van der Waals surface area contributed by atoms with Crippen molar-refractivity contribution in [3.8, 4) is 33.4 Å². The van der Waals surface area contributed by atoms with Gasteiger partial charge in [0.25, 0.3) is 0 Å². The van der Waals surface area contributed by atoms with E-state index in [2.05, 4.69) is 188 Å². The summed E-state index contributed by atoms with van der Waals surface area (Å²) in [5.74, 6) is 5.29. The predicted molar refractivity (Wildman–Crippen MR) is 317 cm³/mol. The lowest BCUT2D eigenvalue weighted by atomic mass is 9.44. The minimum atomic E-state index is -0.0870. The van der Waals surface area contributed by atoms with Crippen LogP contribution in [0.3, 0.4) is 0 Å². The third kappa shape index (κ3) is 5.97. The molecule has 8 saturated carbocycles. The number of rotatable bonds is 5. The number of para-hydroxylation sites is 1. The maximum Gasteiger partial charge on any atom is 0.333 e. The first-order valence-electron chi connectivity index (χ1n) is 29.4. The quantitative estimate of drug-likeness (QED) is 0.160. The van der Waals surface area contributed by atoms with Crippen molar-refractivity contribution < 1.29 is 4.42 Å². The summed E-state index contributed by atoms with van der Waals surface area (Å²) in [6, 6.07) is 62.2. The van der Waals surface area contributed by atoms with Crippen LogP contribution in [0.25, 0.3) is 77.1 Å². The fourth-order valence-corrected chi connectivity index (χ4v) is 19.4. The number of nitrogens with zero attached hydrogens (tertiary/aromatic N) is 2. The fourth-order valence-electron chi connectivity index (χ4n) is 19.4. The molecule has 10 aliphatic rings. The van der Waals surface area contributed by atoms with Crippen LogP contribution < -0.4 is 15.8 Å². The van der Waals surface area contributed by atoms with Gasteiger partial charge >= 0.3 is 6.85 Å². The molecule has 8 fully saturated rings. The summed E-state index contributed by atoms with van der Waals surface area (Å²) in [6.45, 7) is 6.96. The summed E-state index contributed by atoms with van der Waals surface area (Å²) < 4.78 is 9.81. The van der Waals surface area contributed by atoms with Gasteiger partial charge in [-0.1, -0.05) is 112 Å². The highest BCUT2D eigenvalue weighted by Crippen LogP contribution is 2.64. The maximum atomic E-state index is 6.96. The van der Waals surface area contributed by atoms with E-state index in [1.807, 2.05) is 0 Å². The average Bonchev–Trinajstić information content (AvgIpc) is 4.15. The van der Waals surface area contributed by atoms with Gasteiger partial charge in [0.15, 0.2) is 0 Å². The van der Waals surface area contributed by atoms with E-state index >= 15 is 0 Å². The van der Waals surface area contributed by atoms with E-state index < -0.39 is 0 Å². The highest BCUT2D eigenvalue weighted by atomic mass is 16.3. The molecule has 0 N–H and O–H groups in total. The molecule has 2 aliphatic heterocycles. The van der Waals surface area contributed by atoms with Crippen molar-refractivity contribution in [2.24, 2.45) is 35.5 Å². The van der Waals surface area contributed by atoms with Gasteiger partial charge in [-0.25, -0.2) is 0 Å². The van der Waals surface area contributed by atoms with Crippen LogP contribution in [0.2, 0.25) is 0 Å². The molecule has 10 aromatic rings. The zero-order chi connectivity index (χ0) is 50.0. The Morgan fingerprint density at radius 1 is 0.447 bits per heavy atom. The van der Waals surface area contributed by atoms with Gasteiger partial charge in [0.05, 0.1) is 5.69 Å². The molecule has 0 saturated heterocycles. The number of benzene rings is 8. The third-order valence-electron chi connectivity index (χ3n) is 21.8. The third-order valence-corrected chi connectivity index (χ3v) is 21.8. The van der Waals surface area contributed by atoms with Crippen molar-refractivity contribution in [1.29, 1.82) is 0 Å². The Morgan fingerprint density at radius 3 is 1.74 bits per heavy atom. The van der Waals surface area contributed by atoms with Crippen molar-refractivity contribution in [3.63, 3.8) is 0 Å². The van der Waals surface area contributed by atoms with Crippen molar-refractivity contribution in [2.75, 3.05) is 4.90 Å². The molecular weight excluding hydrogens is 920 g/mol. The lowest BCUT2D eigenvalue weighted by Gasteiger charge is -2.57. The first-order valence-corrected chi connectivity index (χ1v) is 29.4. The van der Waals surface area contributed by atoms with Crippen LogP contribution in [-0.2, 0) is 16.2 Å². The molecule has 8 bridgehead atoms. The summed E-state index contributed by atoms with van der Waals surface area (Å²) in [5, 5.41) is 5.29. The second kappa shape index (κ2) is 15.0. The van der Waals surface area contributed by atoms with Crippen LogP contribution in [0.1, 0.15) is 115 Å². The molecule has 0 atom stereocenters. The van der Waals surface area contributed by atoms with Crippen LogP contribution in [0.15, 0.2) is 162 Å². The van der Waals surface area contributed by atoms with Crippen molar-refractivity contribution in [3.05, 3.63) is 174 Å². The molecule has 0 spiro atoms. The van der Waals surface area contributed by atoms with Gasteiger partial charge in [0.2, 0.25) is 0 Å². The van der Waals surface area contributed by atoms with E-state index in [4.69, 9.17) is 4.42 Å². The molecule has 0 radical (unpaired) electrons. The van der Waals surface area contributed by atoms with Crippen molar-refractivity contribution in [1.82, 2.24) is 4.48 Å². The molecule has 20 rings (SSSR count). The Hall–Kier alpha value is -6.78. The molecule has 4 heterocycles. The Kier molecular flexibility index (Phi) is 8.57. The first-order chi connectivity index (χ1) is 37.1. The van der Waals surface area contributed by atoms with Gasteiger partial charge in [-0.05, 0) is 245 Å². The normalized spacial score (nSPS) is 27.4. The van der Waals surface area contributed by atoms with E-state index in [0.29, 0.717) is 5.41 Å². The maximum absolute atomic E-state index is 6.96.